The lowest BCUT2D eigenvalue weighted by molar-refractivity contribution is 0.293. The summed E-state index contributed by atoms with van der Waals surface area (Å²) in [5.41, 5.74) is 2.86. The summed E-state index contributed by atoms with van der Waals surface area (Å²) in [6, 6.07) is 0. The highest BCUT2D eigenvalue weighted by Crippen LogP contribution is 2.12. The Morgan fingerprint density at radius 2 is 1.88 bits per heavy atom. The van der Waals surface area contributed by atoms with E-state index in [1.54, 1.807) is 0 Å². The quantitative estimate of drug-likeness (QED) is 0.632. The Labute approximate surface area is 107 Å². The van der Waals surface area contributed by atoms with Gasteiger partial charge in [0.25, 0.3) is 0 Å². The maximum absolute atomic E-state index is 2.58. The van der Waals surface area contributed by atoms with Crippen LogP contribution in [0.4, 0.5) is 0 Å². The second-order valence-corrected chi connectivity index (χ2v) is 4.93. The van der Waals surface area contributed by atoms with Crippen molar-refractivity contribution >= 4 is 0 Å². The van der Waals surface area contributed by atoms with Crippen molar-refractivity contribution in [3.05, 3.63) is 35.5 Å². The molecular weight excluding hydrogens is 206 g/mol. The molecule has 1 rings (SSSR count). The molecular formula is C16H27N. The fraction of sp³-hybridized carbons (Fsp3) is 0.625. The molecule has 17 heavy (non-hydrogen) atoms. The van der Waals surface area contributed by atoms with Crippen LogP contribution in [0.25, 0.3) is 0 Å². The maximum Gasteiger partial charge on any atom is 0.0230 e. The van der Waals surface area contributed by atoms with Crippen molar-refractivity contribution in [2.24, 2.45) is 0 Å². The van der Waals surface area contributed by atoms with Crippen molar-refractivity contribution < 1.29 is 0 Å². The Morgan fingerprint density at radius 3 is 2.59 bits per heavy atom. The minimum atomic E-state index is 1.09. The standard InChI is InChI=1S/C16H27N/c1-4-6-13-17(12-5-2)14-16-9-7-8-15(3)10-11-16/h8-11H,4-7,12-14H2,1-3H3. The van der Waals surface area contributed by atoms with E-state index in [2.05, 4.69) is 50.0 Å². The molecule has 0 heterocycles. The Balaban J connectivity index is 2.49. The van der Waals surface area contributed by atoms with Crippen molar-refractivity contribution in [3.63, 3.8) is 0 Å². The molecule has 0 atom stereocenters. The van der Waals surface area contributed by atoms with Crippen LogP contribution >= 0.6 is 0 Å². The molecule has 0 unspecified atom stereocenters. The summed E-state index contributed by atoms with van der Waals surface area (Å²) < 4.78 is 0. The molecule has 0 saturated heterocycles. The molecule has 0 amide bonds. The number of hydrogen-bond donors (Lipinski definition) is 0. The Kier molecular flexibility index (Phi) is 6.95. The topological polar surface area (TPSA) is 3.24 Å². The van der Waals surface area contributed by atoms with Crippen molar-refractivity contribution in [2.45, 2.75) is 46.5 Å². The van der Waals surface area contributed by atoms with Gasteiger partial charge in [0.2, 0.25) is 0 Å². The summed E-state index contributed by atoms with van der Waals surface area (Å²) in [5.74, 6) is 0. The highest BCUT2D eigenvalue weighted by molar-refractivity contribution is 5.31. The van der Waals surface area contributed by atoms with Gasteiger partial charge in [-0.15, -0.1) is 0 Å². The van der Waals surface area contributed by atoms with Crippen molar-refractivity contribution in [2.75, 3.05) is 19.6 Å². The van der Waals surface area contributed by atoms with E-state index in [4.69, 9.17) is 0 Å². The first-order chi connectivity index (χ1) is 8.26. The molecule has 0 aliphatic heterocycles. The minimum absolute atomic E-state index is 1.09. The van der Waals surface area contributed by atoms with Crippen LogP contribution in [0, 0.1) is 0 Å². The van der Waals surface area contributed by atoms with Crippen LogP contribution in [-0.4, -0.2) is 24.5 Å². The van der Waals surface area contributed by atoms with Gasteiger partial charge in [-0.05, 0) is 44.8 Å². The molecule has 0 spiro atoms. The number of nitrogens with zero attached hydrogens (tertiary/aromatic N) is 1. The Bertz CT molecular complexity index is 297. The first kappa shape index (κ1) is 14.2. The van der Waals surface area contributed by atoms with Crippen molar-refractivity contribution in [3.8, 4) is 0 Å². The first-order valence-electron chi connectivity index (χ1n) is 7.02. The predicted molar refractivity (Wildman–Crippen MR) is 77.2 cm³/mol. The predicted octanol–water partition coefficient (Wildman–Crippen LogP) is 4.33. The van der Waals surface area contributed by atoms with Crippen LogP contribution < -0.4 is 0 Å². The number of allylic oxidation sites excluding steroid dienone is 4. The molecule has 1 heteroatoms. The van der Waals surface area contributed by atoms with Gasteiger partial charge in [-0.3, -0.25) is 4.90 Å². The van der Waals surface area contributed by atoms with Gasteiger partial charge < -0.3 is 0 Å². The van der Waals surface area contributed by atoms with Gasteiger partial charge in [0.1, 0.15) is 0 Å². The Morgan fingerprint density at radius 1 is 1.06 bits per heavy atom. The minimum Gasteiger partial charge on any atom is -0.299 e. The van der Waals surface area contributed by atoms with Crippen molar-refractivity contribution in [1.29, 1.82) is 0 Å². The van der Waals surface area contributed by atoms with E-state index >= 15 is 0 Å². The van der Waals surface area contributed by atoms with E-state index in [-0.39, 0.29) is 0 Å². The lowest BCUT2D eigenvalue weighted by Gasteiger charge is -2.22. The van der Waals surface area contributed by atoms with Crippen LogP contribution in [-0.2, 0) is 0 Å². The van der Waals surface area contributed by atoms with Crippen LogP contribution in [0.15, 0.2) is 35.5 Å². The van der Waals surface area contributed by atoms with Gasteiger partial charge in [-0.2, -0.15) is 0 Å². The molecule has 0 aromatic carbocycles. The molecule has 0 aromatic heterocycles. The third-order valence-electron chi connectivity index (χ3n) is 3.15. The summed E-state index contributed by atoms with van der Waals surface area (Å²) in [5, 5.41) is 0. The fourth-order valence-electron chi connectivity index (χ4n) is 2.11. The largest absolute Gasteiger partial charge is 0.299 e. The van der Waals surface area contributed by atoms with Gasteiger partial charge in [0.05, 0.1) is 0 Å². The van der Waals surface area contributed by atoms with E-state index in [0.29, 0.717) is 0 Å². The van der Waals surface area contributed by atoms with E-state index < -0.39 is 0 Å². The van der Waals surface area contributed by atoms with E-state index in [9.17, 15) is 0 Å². The molecule has 0 radical (unpaired) electrons. The van der Waals surface area contributed by atoms with E-state index in [0.717, 1.165) is 13.0 Å². The van der Waals surface area contributed by atoms with Crippen LogP contribution in [0.1, 0.15) is 46.5 Å². The second-order valence-electron chi connectivity index (χ2n) is 4.93. The van der Waals surface area contributed by atoms with Crippen LogP contribution in [0.3, 0.4) is 0 Å². The molecule has 0 N–H and O–H groups in total. The normalized spacial score (nSPS) is 15.8. The van der Waals surface area contributed by atoms with Gasteiger partial charge in [-0.1, -0.05) is 50.1 Å². The van der Waals surface area contributed by atoms with Gasteiger partial charge in [0.15, 0.2) is 0 Å². The summed E-state index contributed by atoms with van der Waals surface area (Å²) in [7, 11) is 0. The molecule has 0 aromatic rings. The summed E-state index contributed by atoms with van der Waals surface area (Å²) in [4.78, 5) is 2.58. The number of rotatable bonds is 7. The monoisotopic (exact) mass is 233 g/mol. The number of hydrogen-bond acceptors (Lipinski definition) is 1. The third kappa shape index (κ3) is 5.88. The molecule has 0 saturated carbocycles. The molecule has 0 bridgehead atoms. The zero-order chi connectivity index (χ0) is 12.5. The summed E-state index contributed by atoms with van der Waals surface area (Å²) >= 11 is 0. The summed E-state index contributed by atoms with van der Waals surface area (Å²) in [6.45, 7) is 10.3. The van der Waals surface area contributed by atoms with Gasteiger partial charge in [-0.25, -0.2) is 0 Å². The third-order valence-corrected chi connectivity index (χ3v) is 3.15. The molecule has 0 fully saturated rings. The van der Waals surface area contributed by atoms with Gasteiger partial charge >= 0.3 is 0 Å². The van der Waals surface area contributed by atoms with E-state index in [1.165, 1.54) is 43.5 Å². The highest BCUT2D eigenvalue weighted by Gasteiger charge is 2.05. The lowest BCUT2D eigenvalue weighted by Crippen LogP contribution is -2.27. The van der Waals surface area contributed by atoms with E-state index in [1.807, 2.05) is 0 Å². The zero-order valence-electron chi connectivity index (χ0n) is 11.7. The molecule has 1 aliphatic rings. The summed E-state index contributed by atoms with van der Waals surface area (Å²) in [6.07, 6.45) is 14.1. The molecule has 1 nitrogen and oxygen atoms in total. The van der Waals surface area contributed by atoms with Crippen LogP contribution in [0.2, 0.25) is 0 Å². The maximum atomic E-state index is 2.58. The second kappa shape index (κ2) is 8.30. The molecule has 1 aliphatic carbocycles. The smallest absolute Gasteiger partial charge is 0.0230 e. The average molecular weight is 233 g/mol. The Hall–Kier alpha value is -0.820. The fourth-order valence-corrected chi connectivity index (χ4v) is 2.11. The van der Waals surface area contributed by atoms with Crippen LogP contribution in [0.5, 0.6) is 0 Å². The van der Waals surface area contributed by atoms with Crippen molar-refractivity contribution in [1.82, 2.24) is 4.90 Å². The zero-order valence-corrected chi connectivity index (χ0v) is 11.7. The highest BCUT2D eigenvalue weighted by atomic mass is 15.1. The van der Waals surface area contributed by atoms with Gasteiger partial charge in [0, 0.05) is 6.54 Å². The first-order valence-corrected chi connectivity index (χ1v) is 7.02. The number of unbranched alkanes of at least 4 members (excludes halogenated alkanes) is 1. The average Bonchev–Trinajstić information content (AvgIpc) is 2.52. The molecule has 96 valence electrons. The lowest BCUT2D eigenvalue weighted by atomic mass is 10.2. The SMILES string of the molecule is CCCCN(CCC)CC1=CCC=C(C)C=C1.